The molecule has 1 aromatic heterocycles. The van der Waals surface area contributed by atoms with Crippen LogP contribution in [0.25, 0.3) is 11.3 Å². The number of nitrogens with one attached hydrogen (secondary N) is 4. The Hall–Kier alpha value is -4.34. The summed E-state index contributed by atoms with van der Waals surface area (Å²) in [6.45, 7) is 2.48. The van der Waals surface area contributed by atoms with Gasteiger partial charge in [-0.2, -0.15) is 0 Å². The van der Waals surface area contributed by atoms with E-state index in [1.54, 1.807) is 30.3 Å². The Kier molecular flexibility index (Phi) is 13.0. The number of nitrogens with zero attached hydrogens (tertiary/aromatic N) is 1. The minimum absolute atomic E-state index is 0.0149. The highest BCUT2D eigenvalue weighted by Crippen LogP contribution is 2.30. The zero-order valence-corrected chi connectivity index (χ0v) is 27.5. The average Bonchev–Trinajstić information content (AvgIpc) is 3.45. The summed E-state index contributed by atoms with van der Waals surface area (Å²) in [5.74, 6) is 0.368. The molecule has 4 N–H and O–H groups in total. The van der Waals surface area contributed by atoms with Gasteiger partial charge in [-0.15, -0.1) is 0 Å². The van der Waals surface area contributed by atoms with Gasteiger partial charge in [-0.05, 0) is 60.2 Å². The van der Waals surface area contributed by atoms with Gasteiger partial charge in [0.2, 0.25) is 11.8 Å². The Labute approximate surface area is 279 Å². The van der Waals surface area contributed by atoms with Crippen LogP contribution in [0.4, 0.5) is 10.5 Å². The van der Waals surface area contributed by atoms with Crippen molar-refractivity contribution in [3.05, 3.63) is 105 Å². The van der Waals surface area contributed by atoms with Crippen LogP contribution in [0.2, 0.25) is 10.2 Å². The van der Waals surface area contributed by atoms with Gasteiger partial charge < -0.3 is 20.4 Å². The maximum atomic E-state index is 13.4. The Morgan fingerprint density at radius 3 is 2.39 bits per heavy atom. The first-order chi connectivity index (χ1) is 22.2. The molecule has 0 aliphatic rings. The maximum absolute atomic E-state index is 13.4. The molecule has 242 valence electrons. The van der Waals surface area contributed by atoms with Gasteiger partial charge in [0, 0.05) is 35.7 Å². The van der Waals surface area contributed by atoms with E-state index in [1.807, 2.05) is 42.5 Å². The summed E-state index contributed by atoms with van der Waals surface area (Å²) in [6.07, 6.45) is 4.02. The van der Waals surface area contributed by atoms with Crippen LogP contribution in [-0.4, -0.2) is 35.0 Å². The van der Waals surface area contributed by atoms with E-state index in [9.17, 15) is 14.4 Å². The number of benzene rings is 3. The zero-order valence-electron chi connectivity index (χ0n) is 26.0. The molecule has 4 aromatic rings. The van der Waals surface area contributed by atoms with Crippen molar-refractivity contribution in [1.82, 2.24) is 20.6 Å². The molecule has 1 atom stereocenters. The van der Waals surface area contributed by atoms with Crippen molar-refractivity contribution >= 4 is 46.8 Å². The molecule has 0 aliphatic carbocycles. The second-order valence-electron chi connectivity index (χ2n) is 10.9. The summed E-state index contributed by atoms with van der Waals surface area (Å²) < 4.78 is 4.64. The molecule has 0 radical (unpaired) electrons. The monoisotopic (exact) mass is 663 g/mol. The molecule has 0 unspecified atom stereocenters. The first-order valence-corrected chi connectivity index (χ1v) is 16.1. The fourth-order valence-corrected chi connectivity index (χ4v) is 5.45. The van der Waals surface area contributed by atoms with Crippen LogP contribution < -0.4 is 16.0 Å². The molecule has 0 saturated carbocycles. The number of ether oxygens (including phenoxy) is 1. The number of halogens is 2. The summed E-state index contributed by atoms with van der Waals surface area (Å²) in [5, 5.41) is 9.64. The molecular formula is C35H39Cl2N5O4. The van der Waals surface area contributed by atoms with E-state index < -0.39 is 12.1 Å². The van der Waals surface area contributed by atoms with E-state index in [2.05, 4.69) is 32.6 Å². The van der Waals surface area contributed by atoms with Crippen LogP contribution in [0.15, 0.2) is 72.8 Å². The molecule has 9 nitrogen and oxygen atoms in total. The van der Waals surface area contributed by atoms with E-state index in [0.717, 1.165) is 41.5 Å². The molecule has 3 aromatic carbocycles. The lowest BCUT2D eigenvalue weighted by molar-refractivity contribution is -0.122. The van der Waals surface area contributed by atoms with Crippen molar-refractivity contribution in [2.75, 3.05) is 12.4 Å². The molecule has 4 rings (SSSR count). The fourth-order valence-electron chi connectivity index (χ4n) is 5.00. The minimum atomic E-state index is -0.566. The average molecular weight is 665 g/mol. The normalized spacial score (nSPS) is 11.5. The maximum Gasteiger partial charge on any atom is 0.411 e. The summed E-state index contributed by atoms with van der Waals surface area (Å²) in [4.78, 5) is 45.1. The summed E-state index contributed by atoms with van der Waals surface area (Å²) >= 11 is 12.9. The van der Waals surface area contributed by atoms with E-state index >= 15 is 0 Å². The number of unbranched alkanes of at least 4 members (excludes halogenated alkanes) is 2. The highest BCUT2D eigenvalue weighted by molar-refractivity contribution is 6.32. The number of hydrogen-bond donors (Lipinski definition) is 4. The molecule has 46 heavy (non-hydrogen) atoms. The van der Waals surface area contributed by atoms with Crippen LogP contribution in [-0.2, 0) is 33.7 Å². The number of rotatable bonds is 15. The highest BCUT2D eigenvalue weighted by atomic mass is 35.5. The molecule has 0 aliphatic heterocycles. The van der Waals surface area contributed by atoms with Crippen LogP contribution in [0.1, 0.15) is 67.6 Å². The fraction of sp³-hybridized carbons (Fsp3) is 0.314. The first-order valence-electron chi connectivity index (χ1n) is 15.3. The summed E-state index contributed by atoms with van der Waals surface area (Å²) in [7, 11) is 1.30. The summed E-state index contributed by atoms with van der Waals surface area (Å²) in [5.41, 5.74) is 4.68. The van der Waals surface area contributed by atoms with Crippen LogP contribution in [0.3, 0.4) is 0 Å². The van der Waals surface area contributed by atoms with E-state index in [-0.39, 0.29) is 18.2 Å². The molecule has 0 spiro atoms. The lowest BCUT2D eigenvalue weighted by atomic mass is 10.0. The molecule has 11 heteroatoms. The van der Waals surface area contributed by atoms with E-state index in [0.29, 0.717) is 53.2 Å². The van der Waals surface area contributed by atoms with Gasteiger partial charge in [-0.3, -0.25) is 14.9 Å². The lowest BCUT2D eigenvalue weighted by Crippen LogP contribution is -2.31. The van der Waals surface area contributed by atoms with Gasteiger partial charge >= 0.3 is 6.09 Å². The van der Waals surface area contributed by atoms with Crippen LogP contribution in [0, 0.1) is 0 Å². The number of hydrogen-bond acceptors (Lipinski definition) is 5. The predicted octanol–water partition coefficient (Wildman–Crippen LogP) is 7.79. The largest absolute Gasteiger partial charge is 0.453 e. The van der Waals surface area contributed by atoms with Crippen LogP contribution in [0.5, 0.6) is 0 Å². The van der Waals surface area contributed by atoms with Gasteiger partial charge in [-0.1, -0.05) is 91.5 Å². The third-order valence-electron chi connectivity index (χ3n) is 7.49. The standard InChI is InChI=1S/C35H39Cl2N5O4/c1-3-4-6-11-30(43)38-22-26-12-16-27(36)21-25(26)15-19-31(44)40-29(20-23-9-7-5-8-10-23)34-41-32(33(37)42-34)24-13-17-28(18-14-24)39-35(45)46-2/h5,7-10,12-14,16-18,21,29H,3-4,6,11,15,19-20,22H2,1-2H3,(H,38,43)(H,39,45)(H,40,44)(H,41,42)/t29-/m0/s1. The molecule has 1 heterocycles. The molecule has 0 bridgehead atoms. The number of anilines is 1. The van der Waals surface area contributed by atoms with Gasteiger partial charge in [-0.25, -0.2) is 9.78 Å². The second-order valence-corrected chi connectivity index (χ2v) is 11.7. The van der Waals surface area contributed by atoms with Gasteiger partial charge in [0.05, 0.1) is 13.2 Å². The molecule has 0 fully saturated rings. The third kappa shape index (κ3) is 10.4. The first kappa shape index (κ1) is 34.5. The number of H-pyrrole nitrogens is 1. The number of aryl methyl sites for hydroxylation is 1. The van der Waals surface area contributed by atoms with Crippen molar-refractivity contribution < 1.29 is 19.1 Å². The topological polar surface area (TPSA) is 125 Å². The SMILES string of the molecule is CCCCCC(=O)NCc1ccc(Cl)cc1CCC(=O)N[C@@H](Cc1ccccc1)c1nc(-c2ccc(NC(=O)OC)cc2)c(Cl)[nH]1. The smallest absolute Gasteiger partial charge is 0.411 e. The number of carbonyl (C=O) groups excluding carboxylic acids is 3. The lowest BCUT2D eigenvalue weighted by Gasteiger charge is -2.18. The van der Waals surface area contributed by atoms with Crippen molar-refractivity contribution in [3.63, 3.8) is 0 Å². The number of imidazole rings is 1. The van der Waals surface area contributed by atoms with Gasteiger partial charge in [0.1, 0.15) is 16.7 Å². The molecule has 3 amide bonds. The van der Waals surface area contributed by atoms with Crippen LogP contribution >= 0.6 is 23.2 Å². The number of carbonyl (C=O) groups is 3. The second kappa shape index (κ2) is 17.4. The van der Waals surface area contributed by atoms with E-state index in [1.165, 1.54) is 7.11 Å². The number of amides is 3. The Bertz CT molecular complexity index is 1610. The molecule has 0 saturated heterocycles. The summed E-state index contributed by atoms with van der Waals surface area (Å²) in [6, 6.07) is 21.9. The number of aromatic amines is 1. The Morgan fingerprint density at radius 1 is 0.913 bits per heavy atom. The Morgan fingerprint density at radius 2 is 1.67 bits per heavy atom. The quantitative estimate of drug-likeness (QED) is 0.0966. The van der Waals surface area contributed by atoms with Gasteiger partial charge in [0.25, 0.3) is 0 Å². The van der Waals surface area contributed by atoms with Crippen molar-refractivity contribution in [1.29, 1.82) is 0 Å². The predicted molar refractivity (Wildman–Crippen MR) is 182 cm³/mol. The highest BCUT2D eigenvalue weighted by Gasteiger charge is 2.22. The van der Waals surface area contributed by atoms with Crippen molar-refractivity contribution in [2.24, 2.45) is 0 Å². The zero-order chi connectivity index (χ0) is 32.9. The van der Waals surface area contributed by atoms with Gasteiger partial charge in [0.15, 0.2) is 0 Å². The number of methoxy groups -OCH3 is 1. The minimum Gasteiger partial charge on any atom is -0.453 e. The molecular weight excluding hydrogens is 625 g/mol. The van der Waals surface area contributed by atoms with Crippen molar-refractivity contribution in [3.8, 4) is 11.3 Å². The van der Waals surface area contributed by atoms with Crippen molar-refractivity contribution in [2.45, 2.75) is 64.5 Å². The van der Waals surface area contributed by atoms with E-state index in [4.69, 9.17) is 28.2 Å². The number of aromatic nitrogens is 2. The third-order valence-corrected chi connectivity index (χ3v) is 8.00. The Balaban J connectivity index is 1.46.